The number of hydrogen-bond acceptors (Lipinski definition) is 4. The molecular formula is C42H23N3S4. The largest absolute Gasteiger partial charge is 0.309 e. The van der Waals surface area contributed by atoms with E-state index in [0.717, 1.165) is 0 Å². The zero-order chi connectivity index (χ0) is 31.8. The van der Waals surface area contributed by atoms with Gasteiger partial charge >= 0.3 is 0 Å². The minimum absolute atomic E-state index is 1.17. The molecule has 0 aliphatic carbocycles. The first-order valence-electron chi connectivity index (χ1n) is 16.2. The van der Waals surface area contributed by atoms with Crippen molar-refractivity contribution >= 4 is 130 Å². The highest BCUT2D eigenvalue weighted by Gasteiger charge is 2.23. The van der Waals surface area contributed by atoms with Gasteiger partial charge in [0.05, 0.1) is 57.6 Å². The van der Waals surface area contributed by atoms with E-state index in [-0.39, 0.29) is 0 Å². The molecule has 0 saturated carbocycles. The lowest BCUT2D eigenvalue weighted by atomic mass is 10.0. The van der Waals surface area contributed by atoms with E-state index >= 15 is 0 Å². The molecule has 7 heteroatoms. The number of nitrogens with zero attached hydrogens (tertiary/aromatic N) is 3. The molecule has 0 N–H and O–H groups in total. The number of benzene rings is 5. The molecule has 0 amide bonds. The molecule has 0 unspecified atom stereocenters. The third-order valence-corrected chi connectivity index (χ3v) is 14.1. The molecule has 0 bridgehead atoms. The normalized spacial score (nSPS) is 12.5. The monoisotopic (exact) mass is 697 g/mol. The van der Waals surface area contributed by atoms with Crippen LogP contribution in [0.2, 0.25) is 0 Å². The second-order valence-electron chi connectivity index (χ2n) is 12.6. The average Bonchev–Trinajstić information content (AvgIpc) is 3.98. The van der Waals surface area contributed by atoms with Crippen LogP contribution in [0, 0.1) is 0 Å². The first-order chi connectivity index (χ1) is 24.3. The summed E-state index contributed by atoms with van der Waals surface area (Å²) in [5.74, 6) is 0. The highest BCUT2D eigenvalue weighted by atomic mass is 32.1. The zero-order valence-electron chi connectivity index (χ0n) is 25.8. The lowest BCUT2D eigenvalue weighted by molar-refractivity contribution is 1.15. The topological polar surface area (TPSA) is 14.8 Å². The van der Waals surface area contributed by atoms with Crippen molar-refractivity contribution in [2.75, 3.05) is 0 Å². The zero-order valence-corrected chi connectivity index (χ0v) is 29.0. The van der Waals surface area contributed by atoms with E-state index < -0.39 is 0 Å². The highest BCUT2D eigenvalue weighted by molar-refractivity contribution is 7.26. The fourth-order valence-electron chi connectivity index (χ4n) is 8.16. The van der Waals surface area contributed by atoms with Crippen LogP contribution < -0.4 is 0 Å². The third kappa shape index (κ3) is 3.50. The molecule has 0 saturated heterocycles. The predicted octanol–water partition coefficient (Wildman–Crippen LogP) is 13.5. The number of aromatic nitrogens is 3. The van der Waals surface area contributed by atoms with E-state index in [1.807, 2.05) is 45.3 Å². The minimum atomic E-state index is 1.17. The van der Waals surface area contributed by atoms with Crippen LogP contribution in [0.4, 0.5) is 0 Å². The van der Waals surface area contributed by atoms with E-state index in [2.05, 4.69) is 150 Å². The van der Waals surface area contributed by atoms with Gasteiger partial charge in [-0.3, -0.25) is 0 Å². The summed E-state index contributed by atoms with van der Waals surface area (Å²) in [6.45, 7) is 0. The molecule has 0 radical (unpaired) electrons. The summed E-state index contributed by atoms with van der Waals surface area (Å²) in [6.07, 6.45) is 0. The fourth-order valence-corrected chi connectivity index (χ4v) is 12.0. The number of rotatable bonds is 3. The van der Waals surface area contributed by atoms with Crippen LogP contribution in [0.3, 0.4) is 0 Å². The van der Waals surface area contributed by atoms with Crippen molar-refractivity contribution in [3.05, 3.63) is 137 Å². The smallest absolute Gasteiger partial charge is 0.0704 e. The summed E-state index contributed by atoms with van der Waals surface area (Å²) >= 11 is 7.34. The van der Waals surface area contributed by atoms with Gasteiger partial charge < -0.3 is 13.7 Å². The van der Waals surface area contributed by atoms with Crippen LogP contribution in [-0.4, -0.2) is 13.7 Å². The standard InChI is InChI=1S/C42H23N3S4/c1-2-6-25-21-26(10-9-24(25)5-1)44-35-22-27(43-31-13-17-46-39(31)40-32(43)14-18-47-40)11-12-30(35)38-29-8-4-3-7-28(29)36(23-37(38)44)45-33-15-19-48-41(33)42-34(45)16-20-49-42/h1-23H. The Kier molecular flexibility index (Phi) is 5.30. The molecular weight excluding hydrogens is 675 g/mol. The Morgan fingerprint density at radius 2 is 0.878 bits per heavy atom. The molecule has 0 aliphatic heterocycles. The van der Waals surface area contributed by atoms with Crippen LogP contribution in [0.25, 0.3) is 101 Å². The van der Waals surface area contributed by atoms with Crippen molar-refractivity contribution in [3.63, 3.8) is 0 Å². The van der Waals surface area contributed by atoms with Crippen molar-refractivity contribution in [2.24, 2.45) is 0 Å². The quantitative estimate of drug-likeness (QED) is 0.175. The Hall–Kier alpha value is -5.18. The van der Waals surface area contributed by atoms with E-state index in [0.29, 0.717) is 0 Å². The molecule has 5 aromatic carbocycles. The second-order valence-corrected chi connectivity index (χ2v) is 16.3. The van der Waals surface area contributed by atoms with Crippen molar-refractivity contribution in [1.29, 1.82) is 0 Å². The summed E-state index contributed by atoms with van der Waals surface area (Å²) in [4.78, 5) is 0. The van der Waals surface area contributed by atoms with Crippen molar-refractivity contribution < 1.29 is 0 Å². The maximum absolute atomic E-state index is 2.51. The van der Waals surface area contributed by atoms with E-state index in [1.54, 1.807) is 0 Å². The molecule has 49 heavy (non-hydrogen) atoms. The molecule has 0 atom stereocenters. The average molecular weight is 698 g/mol. The number of fused-ring (bicyclic) bond motifs is 12. The molecule has 230 valence electrons. The van der Waals surface area contributed by atoms with Gasteiger partial charge in [0.15, 0.2) is 0 Å². The van der Waals surface area contributed by atoms with E-state index in [1.165, 1.54) is 101 Å². The number of hydrogen-bond donors (Lipinski definition) is 0. The molecule has 0 aliphatic rings. The summed E-state index contributed by atoms with van der Waals surface area (Å²) in [5.41, 5.74) is 11.1. The summed E-state index contributed by atoms with van der Waals surface area (Å²) in [6, 6.07) is 43.2. The van der Waals surface area contributed by atoms with Crippen LogP contribution >= 0.6 is 45.3 Å². The Labute approximate surface area is 295 Å². The SMILES string of the molecule is c1ccc2cc(-n3c4cc(-n5c6ccsc6c6sccc65)ccc4c4c5ccccc5c(-n5c6ccsc6c6sccc65)cc43)ccc2c1. The van der Waals surface area contributed by atoms with E-state index in [9.17, 15) is 0 Å². The predicted molar refractivity (Wildman–Crippen MR) is 216 cm³/mol. The molecule has 12 rings (SSSR count). The third-order valence-electron chi connectivity index (χ3n) is 10.2. The van der Waals surface area contributed by atoms with Gasteiger partial charge in [-0.1, -0.05) is 60.7 Å². The minimum Gasteiger partial charge on any atom is -0.309 e. The lowest BCUT2D eigenvalue weighted by Gasteiger charge is -2.14. The van der Waals surface area contributed by atoms with Gasteiger partial charge in [-0.05, 0) is 92.3 Å². The fraction of sp³-hybridized carbons (Fsp3) is 0. The Morgan fingerprint density at radius 3 is 1.55 bits per heavy atom. The molecule has 3 nitrogen and oxygen atoms in total. The second kappa shape index (κ2) is 9.71. The van der Waals surface area contributed by atoms with Gasteiger partial charge in [0.2, 0.25) is 0 Å². The lowest BCUT2D eigenvalue weighted by Crippen LogP contribution is -1.98. The van der Waals surface area contributed by atoms with Crippen LogP contribution in [-0.2, 0) is 0 Å². The van der Waals surface area contributed by atoms with Crippen molar-refractivity contribution in [1.82, 2.24) is 13.7 Å². The Balaban J connectivity index is 1.26. The van der Waals surface area contributed by atoms with Crippen LogP contribution in [0.5, 0.6) is 0 Å². The van der Waals surface area contributed by atoms with Crippen LogP contribution in [0.1, 0.15) is 0 Å². The molecule has 12 aromatic rings. The maximum Gasteiger partial charge on any atom is 0.0704 e. The van der Waals surface area contributed by atoms with Crippen LogP contribution in [0.15, 0.2) is 137 Å². The summed E-state index contributed by atoms with van der Waals surface area (Å²) in [7, 11) is 0. The van der Waals surface area contributed by atoms with Crippen molar-refractivity contribution in [3.8, 4) is 17.1 Å². The molecule has 7 heterocycles. The Bertz CT molecular complexity index is 3200. The summed E-state index contributed by atoms with van der Waals surface area (Å²) < 4.78 is 12.9. The summed E-state index contributed by atoms with van der Waals surface area (Å²) in [5, 5.41) is 16.5. The van der Waals surface area contributed by atoms with Gasteiger partial charge in [0.25, 0.3) is 0 Å². The maximum atomic E-state index is 2.51. The van der Waals surface area contributed by atoms with Gasteiger partial charge in [0, 0.05) is 27.5 Å². The molecule has 0 fully saturated rings. The first-order valence-corrected chi connectivity index (χ1v) is 19.7. The highest BCUT2D eigenvalue weighted by Crippen LogP contribution is 2.45. The Morgan fingerprint density at radius 1 is 0.347 bits per heavy atom. The molecule has 0 spiro atoms. The number of thiophene rings is 4. The van der Waals surface area contributed by atoms with Gasteiger partial charge in [-0.2, -0.15) is 0 Å². The van der Waals surface area contributed by atoms with Gasteiger partial charge in [-0.15, -0.1) is 45.3 Å². The van der Waals surface area contributed by atoms with Gasteiger partial charge in [0.1, 0.15) is 0 Å². The molecule has 7 aromatic heterocycles. The van der Waals surface area contributed by atoms with Crippen molar-refractivity contribution in [2.45, 2.75) is 0 Å². The first kappa shape index (κ1) is 26.7. The van der Waals surface area contributed by atoms with E-state index in [4.69, 9.17) is 0 Å². The van der Waals surface area contributed by atoms with Gasteiger partial charge in [-0.25, -0.2) is 0 Å².